The lowest BCUT2D eigenvalue weighted by Gasteiger charge is -2.35. The largest absolute Gasteiger partial charge is 0.379 e. The number of morpholine rings is 1. The summed E-state index contributed by atoms with van der Waals surface area (Å²) in [6.45, 7) is 4.10. The zero-order chi connectivity index (χ0) is 16.6. The molecule has 1 aliphatic heterocycles. The van der Waals surface area contributed by atoms with Crippen molar-refractivity contribution in [2.45, 2.75) is 44.6 Å². The average molecular weight is 330 g/mol. The summed E-state index contributed by atoms with van der Waals surface area (Å²) in [6, 6.07) is 10.8. The van der Waals surface area contributed by atoms with Gasteiger partial charge in [-0.25, -0.2) is 0 Å². The van der Waals surface area contributed by atoms with Gasteiger partial charge in [-0.3, -0.25) is 9.69 Å². The van der Waals surface area contributed by atoms with Gasteiger partial charge in [0.05, 0.1) is 19.3 Å². The minimum absolute atomic E-state index is 0.219. The van der Waals surface area contributed by atoms with E-state index < -0.39 is 0 Å². The van der Waals surface area contributed by atoms with E-state index in [4.69, 9.17) is 4.74 Å². The van der Waals surface area contributed by atoms with Crippen LogP contribution in [0.2, 0.25) is 0 Å². The van der Waals surface area contributed by atoms with Gasteiger partial charge >= 0.3 is 0 Å². The molecule has 132 valence electrons. The van der Waals surface area contributed by atoms with Crippen molar-refractivity contribution in [2.75, 3.05) is 32.8 Å². The summed E-state index contributed by atoms with van der Waals surface area (Å²) in [5.74, 6) is 0.813. The Morgan fingerprint density at radius 2 is 1.83 bits per heavy atom. The molecule has 0 radical (unpaired) electrons. The third-order valence-electron chi connectivity index (χ3n) is 5.36. The van der Waals surface area contributed by atoms with Crippen molar-refractivity contribution in [2.24, 2.45) is 5.92 Å². The lowest BCUT2D eigenvalue weighted by molar-refractivity contribution is -0.122. The molecule has 0 spiro atoms. The highest BCUT2D eigenvalue weighted by Crippen LogP contribution is 2.26. The van der Waals surface area contributed by atoms with Gasteiger partial charge in [0.2, 0.25) is 5.91 Å². The van der Waals surface area contributed by atoms with Crippen LogP contribution in [-0.2, 0) is 9.53 Å². The molecule has 1 saturated carbocycles. The van der Waals surface area contributed by atoms with Gasteiger partial charge in [0.15, 0.2) is 0 Å². The molecular formula is C20H30N2O2. The quantitative estimate of drug-likeness (QED) is 0.871. The van der Waals surface area contributed by atoms with Crippen molar-refractivity contribution < 1.29 is 9.53 Å². The van der Waals surface area contributed by atoms with Crippen LogP contribution in [0.25, 0.3) is 0 Å². The third-order valence-corrected chi connectivity index (χ3v) is 5.36. The van der Waals surface area contributed by atoms with Gasteiger partial charge < -0.3 is 10.1 Å². The highest BCUT2D eigenvalue weighted by atomic mass is 16.5. The molecule has 24 heavy (non-hydrogen) atoms. The topological polar surface area (TPSA) is 41.6 Å². The SMILES string of the molecule is O=C(CC1CCCCC1)NCC(c1ccccc1)N1CCOCC1. The number of benzene rings is 1. The molecule has 1 N–H and O–H groups in total. The number of carbonyl (C=O) groups is 1. The lowest BCUT2D eigenvalue weighted by atomic mass is 9.87. The van der Waals surface area contributed by atoms with Gasteiger partial charge in [-0.1, -0.05) is 49.6 Å². The van der Waals surface area contributed by atoms with Crippen LogP contribution >= 0.6 is 0 Å². The summed E-state index contributed by atoms with van der Waals surface area (Å²) < 4.78 is 5.48. The molecule has 1 aliphatic carbocycles. The Morgan fingerprint density at radius 3 is 2.54 bits per heavy atom. The maximum Gasteiger partial charge on any atom is 0.220 e. The number of hydrogen-bond acceptors (Lipinski definition) is 3. The fourth-order valence-electron chi connectivity index (χ4n) is 3.96. The van der Waals surface area contributed by atoms with Crippen LogP contribution in [0.15, 0.2) is 30.3 Å². The van der Waals surface area contributed by atoms with E-state index in [2.05, 4.69) is 34.5 Å². The summed E-state index contributed by atoms with van der Waals surface area (Å²) in [7, 11) is 0. The van der Waals surface area contributed by atoms with Gasteiger partial charge in [-0.15, -0.1) is 0 Å². The summed E-state index contributed by atoms with van der Waals surface area (Å²) in [5, 5.41) is 3.20. The Bertz CT molecular complexity index is 494. The molecule has 1 saturated heterocycles. The number of nitrogens with one attached hydrogen (secondary N) is 1. The Balaban J connectivity index is 1.56. The molecule has 1 heterocycles. The summed E-state index contributed by atoms with van der Waals surface area (Å²) in [4.78, 5) is 14.8. The lowest BCUT2D eigenvalue weighted by Crippen LogP contribution is -2.44. The van der Waals surface area contributed by atoms with Gasteiger partial charge in [0, 0.05) is 26.1 Å². The molecule has 1 aromatic rings. The fourth-order valence-corrected chi connectivity index (χ4v) is 3.96. The van der Waals surface area contributed by atoms with E-state index in [1.807, 2.05) is 6.07 Å². The Kier molecular flexibility index (Phi) is 6.67. The molecule has 1 amide bonds. The number of amides is 1. The Labute approximate surface area is 145 Å². The van der Waals surface area contributed by atoms with E-state index in [1.165, 1.54) is 37.7 Å². The molecule has 3 rings (SSSR count). The first-order valence-corrected chi connectivity index (χ1v) is 9.46. The van der Waals surface area contributed by atoms with Crippen LogP contribution in [0.1, 0.15) is 50.1 Å². The highest BCUT2D eigenvalue weighted by Gasteiger charge is 2.24. The molecule has 4 nitrogen and oxygen atoms in total. The fraction of sp³-hybridized carbons (Fsp3) is 0.650. The molecule has 1 aromatic carbocycles. The van der Waals surface area contributed by atoms with Crippen LogP contribution in [0.3, 0.4) is 0 Å². The van der Waals surface area contributed by atoms with Crippen LogP contribution in [-0.4, -0.2) is 43.7 Å². The molecule has 4 heteroatoms. The van der Waals surface area contributed by atoms with Gasteiger partial charge in [-0.2, -0.15) is 0 Å². The molecule has 2 fully saturated rings. The number of ether oxygens (including phenoxy) is 1. The van der Waals surface area contributed by atoms with E-state index in [1.54, 1.807) is 0 Å². The summed E-state index contributed by atoms with van der Waals surface area (Å²) in [6.07, 6.45) is 7.06. The van der Waals surface area contributed by atoms with E-state index in [0.717, 1.165) is 26.3 Å². The van der Waals surface area contributed by atoms with Crippen molar-refractivity contribution in [3.05, 3.63) is 35.9 Å². The second kappa shape index (κ2) is 9.19. The van der Waals surface area contributed by atoms with Crippen LogP contribution < -0.4 is 5.32 Å². The van der Waals surface area contributed by atoms with Crippen LogP contribution in [0.4, 0.5) is 0 Å². The normalized spacial score (nSPS) is 21.3. The number of carbonyl (C=O) groups excluding carboxylic acids is 1. The van der Waals surface area contributed by atoms with Crippen LogP contribution in [0, 0.1) is 5.92 Å². The summed E-state index contributed by atoms with van der Waals surface area (Å²) in [5.41, 5.74) is 1.28. The first-order valence-electron chi connectivity index (χ1n) is 9.46. The zero-order valence-electron chi connectivity index (χ0n) is 14.6. The minimum atomic E-state index is 0.219. The standard InChI is InChI=1S/C20H30N2O2/c23-20(15-17-7-3-1-4-8-17)21-16-19(18-9-5-2-6-10-18)22-11-13-24-14-12-22/h2,5-6,9-10,17,19H,1,3-4,7-8,11-16H2,(H,21,23). The maximum atomic E-state index is 12.4. The van der Waals surface area contributed by atoms with Crippen LogP contribution in [0.5, 0.6) is 0 Å². The second-order valence-corrected chi connectivity index (χ2v) is 7.09. The smallest absolute Gasteiger partial charge is 0.220 e. The van der Waals surface area contributed by atoms with E-state index in [-0.39, 0.29) is 11.9 Å². The predicted molar refractivity (Wildman–Crippen MR) is 95.8 cm³/mol. The molecule has 0 aromatic heterocycles. The minimum Gasteiger partial charge on any atom is -0.379 e. The monoisotopic (exact) mass is 330 g/mol. The average Bonchev–Trinajstić information content (AvgIpc) is 2.64. The zero-order valence-corrected chi connectivity index (χ0v) is 14.6. The van der Waals surface area contributed by atoms with Crippen molar-refractivity contribution in [1.82, 2.24) is 10.2 Å². The Morgan fingerprint density at radius 1 is 1.12 bits per heavy atom. The molecular weight excluding hydrogens is 300 g/mol. The second-order valence-electron chi connectivity index (χ2n) is 7.09. The first-order chi connectivity index (χ1) is 11.8. The molecule has 1 atom stereocenters. The molecule has 2 aliphatic rings. The molecule has 0 bridgehead atoms. The number of nitrogens with zero attached hydrogens (tertiary/aromatic N) is 1. The van der Waals surface area contributed by atoms with Crippen molar-refractivity contribution in [1.29, 1.82) is 0 Å². The van der Waals surface area contributed by atoms with E-state index in [0.29, 0.717) is 18.9 Å². The van der Waals surface area contributed by atoms with Gasteiger partial charge in [0.1, 0.15) is 0 Å². The predicted octanol–water partition coefficient (Wildman–Crippen LogP) is 3.15. The van der Waals surface area contributed by atoms with Gasteiger partial charge in [0.25, 0.3) is 0 Å². The van der Waals surface area contributed by atoms with Crippen molar-refractivity contribution >= 4 is 5.91 Å². The number of rotatable bonds is 6. The van der Waals surface area contributed by atoms with Crippen molar-refractivity contribution in [3.8, 4) is 0 Å². The number of hydrogen-bond donors (Lipinski definition) is 1. The highest BCUT2D eigenvalue weighted by molar-refractivity contribution is 5.76. The summed E-state index contributed by atoms with van der Waals surface area (Å²) >= 11 is 0. The Hall–Kier alpha value is -1.39. The van der Waals surface area contributed by atoms with Gasteiger partial charge in [-0.05, 0) is 24.3 Å². The van der Waals surface area contributed by atoms with E-state index in [9.17, 15) is 4.79 Å². The molecule has 1 unspecified atom stereocenters. The maximum absolute atomic E-state index is 12.4. The van der Waals surface area contributed by atoms with E-state index >= 15 is 0 Å². The third kappa shape index (κ3) is 5.05. The first kappa shape index (κ1) is 17.4. The van der Waals surface area contributed by atoms with Crippen molar-refractivity contribution in [3.63, 3.8) is 0 Å².